The Kier molecular flexibility index (Phi) is 5.94. The highest BCUT2D eigenvalue weighted by Gasteiger charge is 2.49. The summed E-state index contributed by atoms with van der Waals surface area (Å²) in [6.07, 6.45) is 9.46. The first kappa shape index (κ1) is 22.3. The number of hydrogen-bond acceptors (Lipinski definition) is 4. The van der Waals surface area contributed by atoms with Crippen LogP contribution >= 0.6 is 0 Å². The van der Waals surface area contributed by atoms with E-state index in [1.54, 1.807) is 18.1 Å². The molecule has 3 aliphatic rings. The minimum atomic E-state index is -0.583. The van der Waals surface area contributed by atoms with Crippen LogP contribution in [0.4, 0.5) is 0 Å². The second-order valence-electron chi connectivity index (χ2n) is 9.66. The van der Waals surface area contributed by atoms with E-state index < -0.39 is 12.1 Å². The highest BCUT2D eigenvalue weighted by Crippen LogP contribution is 2.47. The Morgan fingerprint density at radius 3 is 2.94 bits per heavy atom. The second-order valence-corrected chi connectivity index (χ2v) is 9.66. The van der Waals surface area contributed by atoms with Crippen LogP contribution in [0.3, 0.4) is 0 Å². The monoisotopic (exact) mass is 462 g/mol. The summed E-state index contributed by atoms with van der Waals surface area (Å²) < 4.78 is 5.42. The standard InChI is InChI=1S/C26H30N4O4/c1-3-18(11-15-6-5-9-27-24(15)31)28-25(32)22-12-16-10-17(16)14-30(22)26(33)21-13-19-20(29-21)7-4-8-23(19)34-2/h1,4,7-8,13,15-18,22,29H,5-6,9-12,14H2,2H3,(H,27,31)(H,28,32)/t15-,16?,17?,18+,22?/m0/s1. The van der Waals surface area contributed by atoms with Crippen LogP contribution in [0.1, 0.15) is 42.6 Å². The number of carbonyl (C=O) groups excluding carboxylic acids is 3. The van der Waals surface area contributed by atoms with Gasteiger partial charge in [-0.2, -0.15) is 0 Å². The normalized spacial score (nSPS) is 26.7. The molecular formula is C26H30N4O4. The molecule has 3 N–H and O–H groups in total. The molecule has 3 heterocycles. The van der Waals surface area contributed by atoms with Crippen molar-refractivity contribution in [3.63, 3.8) is 0 Å². The molecule has 178 valence electrons. The van der Waals surface area contributed by atoms with Gasteiger partial charge in [0, 0.05) is 29.9 Å². The topological polar surface area (TPSA) is 104 Å². The molecule has 5 rings (SSSR count). The van der Waals surface area contributed by atoms with E-state index in [0.717, 1.165) is 30.2 Å². The van der Waals surface area contributed by atoms with Gasteiger partial charge in [-0.15, -0.1) is 6.42 Å². The van der Waals surface area contributed by atoms with Crippen molar-refractivity contribution < 1.29 is 19.1 Å². The van der Waals surface area contributed by atoms with Crippen molar-refractivity contribution in [3.05, 3.63) is 30.0 Å². The minimum absolute atomic E-state index is 0.00900. The number of aromatic nitrogens is 1. The van der Waals surface area contributed by atoms with Crippen LogP contribution < -0.4 is 15.4 Å². The van der Waals surface area contributed by atoms with E-state index in [9.17, 15) is 14.4 Å². The molecule has 5 atom stereocenters. The number of methoxy groups -OCH3 is 1. The van der Waals surface area contributed by atoms with Gasteiger partial charge in [-0.05, 0) is 62.1 Å². The van der Waals surface area contributed by atoms with Gasteiger partial charge in [0.05, 0.1) is 13.2 Å². The number of H-pyrrole nitrogens is 1. The molecule has 8 nitrogen and oxygen atoms in total. The average molecular weight is 463 g/mol. The lowest BCUT2D eigenvalue weighted by molar-refractivity contribution is -0.129. The first-order chi connectivity index (χ1) is 16.5. The lowest BCUT2D eigenvalue weighted by Gasteiger charge is -2.35. The van der Waals surface area contributed by atoms with Gasteiger partial charge < -0.3 is 25.3 Å². The summed E-state index contributed by atoms with van der Waals surface area (Å²) in [6.45, 7) is 1.24. The maximum Gasteiger partial charge on any atom is 0.270 e. The molecule has 1 saturated carbocycles. The van der Waals surface area contributed by atoms with E-state index in [4.69, 9.17) is 11.2 Å². The fraction of sp³-hybridized carbons (Fsp3) is 0.500. The number of piperidine rings is 2. The molecule has 0 radical (unpaired) electrons. The summed E-state index contributed by atoms with van der Waals surface area (Å²) in [5, 5.41) is 6.64. The van der Waals surface area contributed by atoms with Crippen molar-refractivity contribution in [2.75, 3.05) is 20.2 Å². The lowest BCUT2D eigenvalue weighted by atomic mass is 9.91. The molecular weight excluding hydrogens is 432 g/mol. The third-order valence-electron chi connectivity index (χ3n) is 7.48. The average Bonchev–Trinajstić information content (AvgIpc) is 3.48. The molecule has 3 fully saturated rings. The summed E-state index contributed by atoms with van der Waals surface area (Å²) in [6, 6.07) is 6.27. The molecule has 2 aromatic rings. The summed E-state index contributed by atoms with van der Waals surface area (Å²) in [4.78, 5) is 43.9. The zero-order valence-electron chi connectivity index (χ0n) is 19.3. The number of terminal acetylenes is 1. The van der Waals surface area contributed by atoms with Crippen LogP contribution in [0, 0.1) is 30.1 Å². The SMILES string of the molecule is C#C[C@H](C[C@@H]1CCCNC1=O)NC(=O)C1CC2CC2CN1C(=O)c1cc2c(OC)cccc2[nH]1. The predicted octanol–water partition coefficient (Wildman–Crippen LogP) is 2.06. The van der Waals surface area contributed by atoms with Gasteiger partial charge in [0.2, 0.25) is 11.8 Å². The minimum Gasteiger partial charge on any atom is -0.496 e. The Bertz CT molecular complexity index is 1170. The van der Waals surface area contributed by atoms with Gasteiger partial charge >= 0.3 is 0 Å². The first-order valence-corrected chi connectivity index (χ1v) is 12.0. The van der Waals surface area contributed by atoms with Crippen molar-refractivity contribution in [1.82, 2.24) is 20.5 Å². The van der Waals surface area contributed by atoms with Crippen LogP contribution in [-0.2, 0) is 9.59 Å². The molecule has 1 aliphatic carbocycles. The van der Waals surface area contributed by atoms with Crippen molar-refractivity contribution in [3.8, 4) is 18.1 Å². The summed E-state index contributed by atoms with van der Waals surface area (Å²) in [5.41, 5.74) is 1.24. The maximum atomic E-state index is 13.5. The van der Waals surface area contributed by atoms with Crippen molar-refractivity contribution in [2.24, 2.45) is 17.8 Å². The van der Waals surface area contributed by atoms with E-state index in [-0.39, 0.29) is 23.6 Å². The third-order valence-corrected chi connectivity index (χ3v) is 7.48. The number of nitrogens with one attached hydrogen (secondary N) is 3. The van der Waals surface area contributed by atoms with Crippen LogP contribution in [-0.4, -0.2) is 59.9 Å². The van der Waals surface area contributed by atoms with Gasteiger partial charge in [0.25, 0.3) is 5.91 Å². The Balaban J connectivity index is 1.33. The van der Waals surface area contributed by atoms with Gasteiger partial charge in [-0.25, -0.2) is 0 Å². The van der Waals surface area contributed by atoms with E-state index in [2.05, 4.69) is 21.5 Å². The van der Waals surface area contributed by atoms with E-state index in [1.165, 1.54) is 0 Å². The van der Waals surface area contributed by atoms with Crippen molar-refractivity contribution in [2.45, 2.75) is 44.2 Å². The Labute approximate surface area is 198 Å². The van der Waals surface area contributed by atoms with Crippen molar-refractivity contribution in [1.29, 1.82) is 0 Å². The molecule has 8 heteroatoms. The molecule has 3 unspecified atom stereocenters. The van der Waals surface area contributed by atoms with E-state index in [1.807, 2.05) is 18.2 Å². The lowest BCUT2D eigenvalue weighted by Crippen LogP contribution is -2.54. The molecule has 0 spiro atoms. The van der Waals surface area contributed by atoms with Gasteiger partial charge in [0.15, 0.2) is 0 Å². The number of hydrogen-bond donors (Lipinski definition) is 3. The number of rotatable bonds is 6. The third kappa shape index (κ3) is 4.23. The van der Waals surface area contributed by atoms with E-state index >= 15 is 0 Å². The summed E-state index contributed by atoms with van der Waals surface area (Å²) in [5.74, 6) is 3.58. The molecule has 34 heavy (non-hydrogen) atoms. The number of fused-ring (bicyclic) bond motifs is 2. The largest absolute Gasteiger partial charge is 0.496 e. The number of benzene rings is 1. The first-order valence-electron chi connectivity index (χ1n) is 12.0. The molecule has 1 aromatic heterocycles. The molecule has 0 bridgehead atoms. The van der Waals surface area contributed by atoms with Gasteiger partial charge in [-0.1, -0.05) is 12.0 Å². The molecule has 2 saturated heterocycles. The summed E-state index contributed by atoms with van der Waals surface area (Å²) in [7, 11) is 1.60. The maximum absolute atomic E-state index is 13.5. The highest BCUT2D eigenvalue weighted by atomic mass is 16.5. The van der Waals surface area contributed by atoms with Gasteiger partial charge in [-0.3, -0.25) is 14.4 Å². The zero-order valence-corrected chi connectivity index (χ0v) is 19.3. The quantitative estimate of drug-likeness (QED) is 0.572. The number of amides is 3. The van der Waals surface area contributed by atoms with Crippen molar-refractivity contribution >= 4 is 28.6 Å². The second kappa shape index (κ2) is 9.05. The number of ether oxygens (including phenoxy) is 1. The Morgan fingerprint density at radius 1 is 1.32 bits per heavy atom. The summed E-state index contributed by atoms with van der Waals surface area (Å²) >= 11 is 0. The molecule has 2 aliphatic heterocycles. The Morgan fingerprint density at radius 2 is 2.18 bits per heavy atom. The smallest absolute Gasteiger partial charge is 0.270 e. The van der Waals surface area contributed by atoms with Crippen LogP contribution in [0.2, 0.25) is 0 Å². The highest BCUT2D eigenvalue weighted by molar-refractivity contribution is 6.01. The van der Waals surface area contributed by atoms with Crippen LogP contribution in [0.5, 0.6) is 5.75 Å². The fourth-order valence-electron chi connectivity index (χ4n) is 5.45. The number of carbonyl (C=O) groups is 3. The molecule has 1 aromatic carbocycles. The van der Waals surface area contributed by atoms with Gasteiger partial charge in [0.1, 0.15) is 17.5 Å². The Hall–Kier alpha value is -3.47. The fourth-order valence-corrected chi connectivity index (χ4v) is 5.45. The number of nitrogens with zero attached hydrogens (tertiary/aromatic N) is 1. The number of aromatic amines is 1. The zero-order chi connectivity index (χ0) is 23.8. The number of likely N-dealkylation sites (tertiary alicyclic amines) is 1. The van der Waals surface area contributed by atoms with Crippen LogP contribution in [0.15, 0.2) is 24.3 Å². The van der Waals surface area contributed by atoms with Crippen LogP contribution in [0.25, 0.3) is 10.9 Å². The predicted molar refractivity (Wildman–Crippen MR) is 127 cm³/mol. The van der Waals surface area contributed by atoms with E-state index in [0.29, 0.717) is 49.2 Å². The molecule has 3 amide bonds.